The minimum absolute atomic E-state index is 0.0362. The predicted molar refractivity (Wildman–Crippen MR) is 109 cm³/mol. The van der Waals surface area contributed by atoms with Gasteiger partial charge in [0.2, 0.25) is 16.2 Å². The van der Waals surface area contributed by atoms with Gasteiger partial charge in [0.05, 0.1) is 13.0 Å². The largest absolute Gasteiger partial charge is 0.497 e. The van der Waals surface area contributed by atoms with Gasteiger partial charge in [-0.25, -0.2) is 0 Å². The number of methoxy groups -OCH3 is 1. The molecular formula is C20H23N5O2S. The Hall–Kier alpha value is -2.87. The van der Waals surface area contributed by atoms with Gasteiger partial charge in [-0.2, -0.15) is 0 Å². The van der Waals surface area contributed by atoms with Gasteiger partial charge >= 0.3 is 0 Å². The van der Waals surface area contributed by atoms with Crippen LogP contribution < -0.4 is 15.0 Å². The van der Waals surface area contributed by atoms with Crippen molar-refractivity contribution in [3.63, 3.8) is 0 Å². The number of anilines is 1. The zero-order valence-corrected chi connectivity index (χ0v) is 16.6. The molecule has 1 saturated heterocycles. The van der Waals surface area contributed by atoms with Crippen LogP contribution in [0.3, 0.4) is 0 Å². The molecule has 4 rings (SSSR count). The van der Waals surface area contributed by atoms with Crippen LogP contribution in [-0.4, -0.2) is 40.9 Å². The number of aromatic nitrogens is 3. The molecular weight excluding hydrogens is 374 g/mol. The molecule has 1 aliphatic heterocycles. The van der Waals surface area contributed by atoms with Crippen LogP contribution in [0, 0.1) is 5.92 Å². The van der Waals surface area contributed by atoms with E-state index in [-0.39, 0.29) is 11.8 Å². The molecule has 0 bridgehead atoms. The van der Waals surface area contributed by atoms with Crippen LogP contribution in [0.1, 0.15) is 18.4 Å². The molecule has 0 spiro atoms. The van der Waals surface area contributed by atoms with Crippen LogP contribution >= 0.6 is 11.3 Å². The second-order valence-corrected chi connectivity index (χ2v) is 7.74. The molecule has 0 radical (unpaired) electrons. The second kappa shape index (κ2) is 8.43. The van der Waals surface area contributed by atoms with Crippen molar-refractivity contribution in [2.75, 3.05) is 25.1 Å². The highest BCUT2D eigenvalue weighted by Crippen LogP contribution is 2.28. The number of hydrogen-bond acceptors (Lipinski definition) is 6. The van der Waals surface area contributed by atoms with Gasteiger partial charge in [0.1, 0.15) is 5.75 Å². The fourth-order valence-electron chi connectivity index (χ4n) is 3.34. The molecule has 0 saturated carbocycles. The van der Waals surface area contributed by atoms with Crippen molar-refractivity contribution in [3.05, 3.63) is 54.4 Å². The van der Waals surface area contributed by atoms with Gasteiger partial charge in [0.15, 0.2) is 0 Å². The van der Waals surface area contributed by atoms with Gasteiger partial charge in [-0.05, 0) is 42.7 Å². The van der Waals surface area contributed by atoms with E-state index in [0.717, 1.165) is 41.0 Å². The van der Waals surface area contributed by atoms with Gasteiger partial charge in [-0.3, -0.25) is 9.36 Å². The van der Waals surface area contributed by atoms with Crippen LogP contribution in [-0.2, 0) is 11.3 Å². The second-order valence-electron chi connectivity index (χ2n) is 6.81. The van der Waals surface area contributed by atoms with Crippen molar-refractivity contribution in [2.45, 2.75) is 19.4 Å². The minimum Gasteiger partial charge on any atom is -0.497 e. The summed E-state index contributed by atoms with van der Waals surface area (Å²) in [5, 5.41) is 13.4. The van der Waals surface area contributed by atoms with E-state index in [1.165, 1.54) is 0 Å². The molecule has 1 aromatic carbocycles. The van der Waals surface area contributed by atoms with Gasteiger partial charge in [0.25, 0.3) is 0 Å². The molecule has 2 aromatic heterocycles. The molecule has 0 aliphatic carbocycles. The number of ether oxygens (including phenoxy) is 1. The van der Waals surface area contributed by atoms with E-state index in [1.807, 2.05) is 53.4 Å². The number of benzene rings is 1. The van der Waals surface area contributed by atoms with Crippen molar-refractivity contribution in [1.82, 2.24) is 20.1 Å². The van der Waals surface area contributed by atoms with Crippen LogP contribution in [0.15, 0.2) is 48.8 Å². The van der Waals surface area contributed by atoms with E-state index in [4.69, 9.17) is 4.74 Å². The van der Waals surface area contributed by atoms with Gasteiger partial charge in [-0.1, -0.05) is 23.5 Å². The van der Waals surface area contributed by atoms with Gasteiger partial charge < -0.3 is 15.0 Å². The van der Waals surface area contributed by atoms with Crippen molar-refractivity contribution < 1.29 is 9.53 Å². The Bertz CT molecular complexity index is 907. The standard InChI is InChI=1S/C20H23N5O2S/c1-27-17-8-6-15(7-9-17)13-21-18(26)16-5-4-12-25(14-16)20-23-22-19(28-20)24-10-2-3-11-24/h2-3,6-11,16H,4-5,12-14H2,1H3,(H,21,26)/t16-/m1/s1. The summed E-state index contributed by atoms with van der Waals surface area (Å²) in [5.41, 5.74) is 1.06. The van der Waals surface area contributed by atoms with E-state index < -0.39 is 0 Å². The average Bonchev–Trinajstić information content (AvgIpc) is 3.44. The molecule has 1 fully saturated rings. The summed E-state index contributed by atoms with van der Waals surface area (Å²) in [6.45, 7) is 2.10. The lowest BCUT2D eigenvalue weighted by atomic mass is 9.97. The Kier molecular flexibility index (Phi) is 5.57. The Morgan fingerprint density at radius 1 is 1.21 bits per heavy atom. The first-order valence-corrected chi connectivity index (χ1v) is 10.2. The van der Waals surface area contributed by atoms with Crippen molar-refractivity contribution in [3.8, 4) is 10.9 Å². The highest BCUT2D eigenvalue weighted by atomic mass is 32.1. The summed E-state index contributed by atoms with van der Waals surface area (Å²) in [7, 11) is 1.64. The lowest BCUT2D eigenvalue weighted by Crippen LogP contribution is -2.43. The van der Waals surface area contributed by atoms with Crippen LogP contribution in [0.2, 0.25) is 0 Å². The monoisotopic (exact) mass is 397 g/mol. The third-order valence-corrected chi connectivity index (χ3v) is 5.91. The van der Waals surface area contributed by atoms with Crippen LogP contribution in [0.5, 0.6) is 5.75 Å². The SMILES string of the molecule is COc1ccc(CNC(=O)[C@@H]2CCCN(c3nnc(-n4cccc4)s3)C2)cc1. The number of carbonyl (C=O) groups is 1. The van der Waals surface area contributed by atoms with Gasteiger partial charge in [0, 0.05) is 32.0 Å². The molecule has 1 N–H and O–H groups in total. The normalized spacial score (nSPS) is 16.8. The van der Waals surface area contributed by atoms with E-state index in [9.17, 15) is 4.79 Å². The Morgan fingerprint density at radius 2 is 1.96 bits per heavy atom. The third kappa shape index (κ3) is 4.17. The molecule has 0 unspecified atom stereocenters. The first-order chi connectivity index (χ1) is 13.7. The maximum atomic E-state index is 12.7. The zero-order chi connectivity index (χ0) is 19.3. The number of piperidine rings is 1. The number of hydrogen-bond donors (Lipinski definition) is 1. The quantitative estimate of drug-likeness (QED) is 0.692. The Morgan fingerprint density at radius 3 is 2.71 bits per heavy atom. The fourth-order valence-corrected chi connectivity index (χ4v) is 4.19. The smallest absolute Gasteiger partial charge is 0.225 e. The van der Waals surface area contributed by atoms with Crippen LogP contribution in [0.25, 0.3) is 5.13 Å². The van der Waals surface area contributed by atoms with Crippen molar-refractivity contribution in [1.29, 1.82) is 0 Å². The number of carbonyl (C=O) groups excluding carboxylic acids is 1. The summed E-state index contributed by atoms with van der Waals surface area (Å²) in [6.07, 6.45) is 5.78. The number of rotatable bonds is 6. The number of amides is 1. The molecule has 1 amide bonds. The molecule has 28 heavy (non-hydrogen) atoms. The number of nitrogens with zero attached hydrogens (tertiary/aromatic N) is 4. The summed E-state index contributed by atoms with van der Waals surface area (Å²) in [5.74, 6) is 0.871. The molecule has 7 nitrogen and oxygen atoms in total. The number of nitrogens with one attached hydrogen (secondary N) is 1. The third-order valence-electron chi connectivity index (χ3n) is 4.92. The minimum atomic E-state index is -0.0362. The lowest BCUT2D eigenvalue weighted by molar-refractivity contribution is -0.125. The fraction of sp³-hybridized carbons (Fsp3) is 0.350. The summed E-state index contributed by atoms with van der Waals surface area (Å²) in [6, 6.07) is 11.7. The van der Waals surface area contributed by atoms with E-state index in [1.54, 1.807) is 18.4 Å². The van der Waals surface area contributed by atoms with Crippen molar-refractivity contribution in [2.24, 2.45) is 5.92 Å². The predicted octanol–water partition coefficient (Wildman–Crippen LogP) is 2.87. The van der Waals surface area contributed by atoms with Gasteiger partial charge in [-0.15, -0.1) is 10.2 Å². The highest BCUT2D eigenvalue weighted by molar-refractivity contribution is 7.17. The Balaban J connectivity index is 1.34. The molecule has 1 aliphatic rings. The van der Waals surface area contributed by atoms with Crippen molar-refractivity contribution >= 4 is 22.4 Å². The lowest BCUT2D eigenvalue weighted by Gasteiger charge is -2.31. The van der Waals surface area contributed by atoms with E-state index in [2.05, 4.69) is 20.4 Å². The molecule has 1 atom stereocenters. The van der Waals surface area contributed by atoms with E-state index >= 15 is 0 Å². The average molecular weight is 398 g/mol. The first-order valence-electron chi connectivity index (χ1n) is 9.35. The summed E-state index contributed by atoms with van der Waals surface area (Å²) >= 11 is 1.55. The van der Waals surface area contributed by atoms with Crippen LogP contribution in [0.4, 0.5) is 5.13 Å². The molecule has 3 aromatic rings. The molecule has 146 valence electrons. The van der Waals surface area contributed by atoms with E-state index in [0.29, 0.717) is 13.1 Å². The maximum absolute atomic E-state index is 12.7. The topological polar surface area (TPSA) is 72.3 Å². The maximum Gasteiger partial charge on any atom is 0.225 e. The first kappa shape index (κ1) is 18.5. The zero-order valence-electron chi connectivity index (χ0n) is 15.7. The Labute approximate surface area is 168 Å². The summed E-state index contributed by atoms with van der Waals surface area (Å²) < 4.78 is 7.11. The molecule has 3 heterocycles. The molecule has 8 heteroatoms. The highest BCUT2D eigenvalue weighted by Gasteiger charge is 2.27. The summed E-state index contributed by atoms with van der Waals surface area (Å²) in [4.78, 5) is 14.8.